The molecule has 5 nitrogen and oxygen atoms in total. The average molecular weight is 240 g/mol. The van der Waals surface area contributed by atoms with Crippen LogP contribution in [0.4, 0.5) is 4.79 Å². The smallest absolute Gasteiger partial charge is 0.326 e. The minimum absolute atomic E-state index is 0.228. The van der Waals surface area contributed by atoms with E-state index in [0.29, 0.717) is 6.54 Å². The van der Waals surface area contributed by atoms with Crippen molar-refractivity contribution in [3.8, 4) is 0 Å². The van der Waals surface area contributed by atoms with Crippen LogP contribution in [0.15, 0.2) is 12.7 Å². The Balaban J connectivity index is 2.16. The summed E-state index contributed by atoms with van der Waals surface area (Å²) in [6.07, 6.45) is 6.47. The predicted octanol–water partition coefficient (Wildman–Crippen LogP) is 1.51. The first-order chi connectivity index (χ1) is 8.13. The third-order valence-corrected chi connectivity index (χ3v) is 3.07. The molecule has 1 aliphatic carbocycles. The molecule has 1 unspecified atom stereocenters. The van der Waals surface area contributed by atoms with Gasteiger partial charge in [0.25, 0.3) is 0 Å². The van der Waals surface area contributed by atoms with E-state index in [2.05, 4.69) is 17.2 Å². The Hall–Kier alpha value is -1.52. The maximum absolute atomic E-state index is 11.4. The van der Waals surface area contributed by atoms with Crippen LogP contribution in [0.1, 0.15) is 32.1 Å². The second-order valence-corrected chi connectivity index (χ2v) is 4.40. The number of aliphatic carboxylic acids is 1. The number of nitrogens with one attached hydrogen (secondary N) is 2. The molecule has 0 saturated heterocycles. The lowest BCUT2D eigenvalue weighted by atomic mass is 9.83. The molecule has 1 aliphatic rings. The molecular weight excluding hydrogens is 220 g/mol. The molecule has 17 heavy (non-hydrogen) atoms. The second-order valence-electron chi connectivity index (χ2n) is 4.40. The van der Waals surface area contributed by atoms with Crippen molar-refractivity contribution in [1.29, 1.82) is 0 Å². The summed E-state index contributed by atoms with van der Waals surface area (Å²) < 4.78 is 0. The summed E-state index contributed by atoms with van der Waals surface area (Å²) in [6.45, 7) is 4.07. The quantitative estimate of drug-likeness (QED) is 0.590. The van der Waals surface area contributed by atoms with Gasteiger partial charge in [0.2, 0.25) is 0 Å². The van der Waals surface area contributed by atoms with E-state index in [1.54, 1.807) is 0 Å². The minimum Gasteiger partial charge on any atom is -0.480 e. The van der Waals surface area contributed by atoms with Gasteiger partial charge in [0.15, 0.2) is 0 Å². The average Bonchev–Trinajstić information content (AvgIpc) is 2.21. The Labute approximate surface area is 101 Å². The van der Waals surface area contributed by atoms with Gasteiger partial charge < -0.3 is 15.7 Å². The highest BCUT2D eigenvalue weighted by Gasteiger charge is 2.19. The van der Waals surface area contributed by atoms with Crippen molar-refractivity contribution in [2.75, 3.05) is 6.54 Å². The molecule has 0 spiro atoms. The van der Waals surface area contributed by atoms with Crippen molar-refractivity contribution < 1.29 is 14.7 Å². The van der Waals surface area contributed by atoms with Crippen LogP contribution in [-0.2, 0) is 4.79 Å². The molecule has 5 heteroatoms. The van der Waals surface area contributed by atoms with Gasteiger partial charge in [-0.15, -0.1) is 6.58 Å². The number of rotatable bonds is 7. The van der Waals surface area contributed by atoms with Crippen molar-refractivity contribution in [3.63, 3.8) is 0 Å². The number of carbonyl (C=O) groups is 2. The number of hydrogen-bond acceptors (Lipinski definition) is 2. The fraction of sp³-hybridized carbons (Fsp3) is 0.667. The van der Waals surface area contributed by atoms with Crippen LogP contribution in [0.3, 0.4) is 0 Å². The van der Waals surface area contributed by atoms with Gasteiger partial charge in [-0.05, 0) is 18.8 Å². The molecule has 2 amide bonds. The van der Waals surface area contributed by atoms with Gasteiger partial charge in [0, 0.05) is 6.54 Å². The Bertz CT molecular complexity index is 287. The van der Waals surface area contributed by atoms with Crippen LogP contribution in [0.5, 0.6) is 0 Å². The summed E-state index contributed by atoms with van der Waals surface area (Å²) in [5, 5.41) is 13.9. The van der Waals surface area contributed by atoms with Crippen LogP contribution < -0.4 is 10.6 Å². The van der Waals surface area contributed by atoms with E-state index < -0.39 is 18.0 Å². The molecule has 1 saturated carbocycles. The van der Waals surface area contributed by atoms with Crippen molar-refractivity contribution in [2.45, 2.75) is 38.1 Å². The lowest BCUT2D eigenvalue weighted by Crippen LogP contribution is -2.46. The summed E-state index contributed by atoms with van der Waals surface area (Å²) in [4.78, 5) is 22.2. The van der Waals surface area contributed by atoms with E-state index in [4.69, 9.17) is 5.11 Å². The van der Waals surface area contributed by atoms with E-state index in [0.717, 1.165) is 12.3 Å². The zero-order valence-corrected chi connectivity index (χ0v) is 9.95. The van der Waals surface area contributed by atoms with Crippen molar-refractivity contribution >= 4 is 12.0 Å². The second kappa shape index (κ2) is 6.93. The molecule has 96 valence electrons. The van der Waals surface area contributed by atoms with Gasteiger partial charge in [-0.2, -0.15) is 0 Å². The third kappa shape index (κ3) is 4.89. The number of urea groups is 1. The maximum Gasteiger partial charge on any atom is 0.326 e. The van der Waals surface area contributed by atoms with Crippen LogP contribution in [0.2, 0.25) is 0 Å². The van der Waals surface area contributed by atoms with Crippen LogP contribution in [-0.4, -0.2) is 29.7 Å². The normalized spacial score (nSPS) is 16.7. The Morgan fingerprint density at radius 2 is 2.18 bits per heavy atom. The van der Waals surface area contributed by atoms with Gasteiger partial charge in [0.05, 0.1) is 0 Å². The van der Waals surface area contributed by atoms with Crippen LogP contribution >= 0.6 is 0 Å². The Morgan fingerprint density at radius 3 is 2.65 bits per heavy atom. The van der Waals surface area contributed by atoms with Gasteiger partial charge >= 0.3 is 12.0 Å². The summed E-state index contributed by atoms with van der Waals surface area (Å²) in [5.74, 6) is -0.308. The number of amides is 2. The molecule has 0 aromatic rings. The van der Waals surface area contributed by atoms with Gasteiger partial charge in [-0.25, -0.2) is 9.59 Å². The van der Waals surface area contributed by atoms with E-state index in [1.807, 2.05) is 0 Å². The van der Waals surface area contributed by atoms with Gasteiger partial charge in [-0.3, -0.25) is 0 Å². The molecule has 3 N–H and O–H groups in total. The largest absolute Gasteiger partial charge is 0.480 e. The fourth-order valence-electron chi connectivity index (χ4n) is 1.77. The fourth-order valence-corrected chi connectivity index (χ4v) is 1.77. The van der Waals surface area contributed by atoms with E-state index in [1.165, 1.54) is 25.3 Å². The van der Waals surface area contributed by atoms with E-state index in [-0.39, 0.29) is 6.42 Å². The number of carbonyl (C=O) groups excluding carboxylic acids is 1. The molecular formula is C12H20N2O3. The molecule has 0 radical (unpaired) electrons. The summed E-state index contributed by atoms with van der Waals surface area (Å²) in [7, 11) is 0. The SMILES string of the molecule is C=CCC(NC(=O)NCCC1CCC1)C(=O)O. The first-order valence-corrected chi connectivity index (χ1v) is 6.01. The molecule has 0 aromatic heterocycles. The topological polar surface area (TPSA) is 78.4 Å². The predicted molar refractivity (Wildman–Crippen MR) is 64.7 cm³/mol. The first kappa shape index (κ1) is 13.5. The van der Waals surface area contributed by atoms with Gasteiger partial charge in [0.1, 0.15) is 6.04 Å². The highest BCUT2D eigenvalue weighted by atomic mass is 16.4. The van der Waals surface area contributed by atoms with E-state index >= 15 is 0 Å². The lowest BCUT2D eigenvalue weighted by Gasteiger charge is -2.25. The first-order valence-electron chi connectivity index (χ1n) is 6.01. The molecule has 1 fully saturated rings. The molecule has 0 bridgehead atoms. The van der Waals surface area contributed by atoms with Crippen LogP contribution in [0, 0.1) is 5.92 Å². The Kier molecular flexibility index (Phi) is 5.52. The highest BCUT2D eigenvalue weighted by molar-refractivity contribution is 5.82. The maximum atomic E-state index is 11.4. The number of hydrogen-bond donors (Lipinski definition) is 3. The Morgan fingerprint density at radius 1 is 1.47 bits per heavy atom. The molecule has 1 rings (SSSR count). The number of carboxylic acid groups (broad SMARTS) is 1. The zero-order chi connectivity index (χ0) is 12.7. The molecule has 0 aromatic carbocycles. The molecule has 1 atom stereocenters. The monoisotopic (exact) mass is 240 g/mol. The van der Waals surface area contributed by atoms with Crippen molar-refractivity contribution in [3.05, 3.63) is 12.7 Å². The molecule has 0 aliphatic heterocycles. The standard InChI is InChI=1S/C12H20N2O3/c1-2-4-10(11(15)16)14-12(17)13-8-7-9-5-3-6-9/h2,9-10H,1,3-8H2,(H,15,16)(H2,13,14,17). The van der Waals surface area contributed by atoms with Crippen LogP contribution in [0.25, 0.3) is 0 Å². The summed E-state index contributed by atoms with van der Waals surface area (Å²) >= 11 is 0. The summed E-state index contributed by atoms with van der Waals surface area (Å²) in [5.41, 5.74) is 0. The number of carboxylic acids is 1. The lowest BCUT2D eigenvalue weighted by molar-refractivity contribution is -0.139. The minimum atomic E-state index is -1.04. The van der Waals surface area contributed by atoms with Crippen molar-refractivity contribution in [1.82, 2.24) is 10.6 Å². The van der Waals surface area contributed by atoms with Crippen molar-refractivity contribution in [2.24, 2.45) is 5.92 Å². The highest BCUT2D eigenvalue weighted by Crippen LogP contribution is 2.28. The zero-order valence-electron chi connectivity index (χ0n) is 9.95. The third-order valence-electron chi connectivity index (χ3n) is 3.07. The summed E-state index contributed by atoms with van der Waals surface area (Å²) in [6, 6.07) is -1.31. The van der Waals surface area contributed by atoms with E-state index in [9.17, 15) is 9.59 Å². The molecule has 0 heterocycles. The van der Waals surface area contributed by atoms with Gasteiger partial charge in [-0.1, -0.05) is 25.3 Å².